The number of hydrogen-bond donors (Lipinski definition) is 2. The fourth-order valence-corrected chi connectivity index (χ4v) is 2.02. The Morgan fingerprint density at radius 3 is 2.71 bits per heavy atom. The van der Waals surface area contributed by atoms with E-state index in [-0.39, 0.29) is 11.3 Å². The molecule has 2 N–H and O–H groups in total. The Morgan fingerprint density at radius 1 is 1.50 bits per heavy atom. The molecule has 80 valence electrons. The van der Waals surface area contributed by atoms with E-state index >= 15 is 0 Å². The lowest BCUT2D eigenvalue weighted by molar-refractivity contribution is -0.122. The van der Waals surface area contributed by atoms with E-state index in [0.29, 0.717) is 12.0 Å². The quantitative estimate of drug-likeness (QED) is 0.704. The van der Waals surface area contributed by atoms with Crippen LogP contribution in [0.25, 0.3) is 0 Å². The maximum Gasteiger partial charge on any atom is 0.220 e. The minimum absolute atomic E-state index is 0.208. The summed E-state index contributed by atoms with van der Waals surface area (Å²) in [5.74, 6) is 0.932. The van der Waals surface area contributed by atoms with Gasteiger partial charge in [0, 0.05) is 25.6 Å². The highest BCUT2D eigenvalue weighted by atomic mass is 16.1. The third-order valence-corrected chi connectivity index (χ3v) is 3.38. The van der Waals surface area contributed by atoms with Crippen LogP contribution in [0.3, 0.4) is 0 Å². The molecule has 2 aliphatic rings. The molecule has 0 aromatic heterocycles. The predicted octanol–water partition coefficient (Wildman–Crippen LogP) is 0.901. The van der Waals surface area contributed by atoms with Crippen LogP contribution < -0.4 is 10.6 Å². The number of rotatable bonds is 3. The van der Waals surface area contributed by atoms with E-state index in [2.05, 4.69) is 24.5 Å². The summed E-state index contributed by atoms with van der Waals surface area (Å²) in [6.45, 7) is 6.33. The topological polar surface area (TPSA) is 41.1 Å². The first-order valence-corrected chi connectivity index (χ1v) is 5.58. The monoisotopic (exact) mass is 196 g/mol. The molecule has 3 nitrogen and oxygen atoms in total. The van der Waals surface area contributed by atoms with Crippen LogP contribution in [0.2, 0.25) is 0 Å². The Balaban J connectivity index is 1.80. The Morgan fingerprint density at radius 2 is 2.21 bits per heavy atom. The first-order valence-electron chi connectivity index (χ1n) is 5.58. The van der Waals surface area contributed by atoms with Crippen molar-refractivity contribution in [1.82, 2.24) is 10.6 Å². The number of hydrogen-bond acceptors (Lipinski definition) is 2. The van der Waals surface area contributed by atoms with Crippen molar-refractivity contribution < 1.29 is 4.79 Å². The normalized spacial score (nSPS) is 30.3. The van der Waals surface area contributed by atoms with Gasteiger partial charge in [0.15, 0.2) is 0 Å². The Hall–Kier alpha value is -0.570. The summed E-state index contributed by atoms with van der Waals surface area (Å²) < 4.78 is 0. The molecule has 0 bridgehead atoms. The van der Waals surface area contributed by atoms with Gasteiger partial charge in [-0.1, -0.05) is 13.8 Å². The van der Waals surface area contributed by atoms with Crippen LogP contribution in [0.4, 0.5) is 0 Å². The summed E-state index contributed by atoms with van der Waals surface area (Å²) in [6, 6.07) is 0.314. The third kappa shape index (κ3) is 2.27. The third-order valence-electron chi connectivity index (χ3n) is 3.38. The lowest BCUT2D eigenvalue weighted by Crippen LogP contribution is -2.44. The van der Waals surface area contributed by atoms with Crippen molar-refractivity contribution in [2.75, 3.05) is 13.1 Å². The molecular formula is C11H20N2O. The van der Waals surface area contributed by atoms with Gasteiger partial charge in [-0.2, -0.15) is 0 Å². The van der Waals surface area contributed by atoms with Gasteiger partial charge in [-0.15, -0.1) is 0 Å². The number of nitrogens with one attached hydrogen (secondary N) is 2. The van der Waals surface area contributed by atoms with Crippen molar-refractivity contribution in [1.29, 1.82) is 0 Å². The maximum atomic E-state index is 11.6. The highest BCUT2D eigenvalue weighted by molar-refractivity contribution is 5.77. The van der Waals surface area contributed by atoms with Crippen LogP contribution in [0, 0.1) is 11.3 Å². The molecule has 1 unspecified atom stereocenters. The van der Waals surface area contributed by atoms with Crippen molar-refractivity contribution in [2.45, 2.75) is 39.2 Å². The molecule has 0 radical (unpaired) electrons. The van der Waals surface area contributed by atoms with Crippen LogP contribution in [0.5, 0.6) is 0 Å². The van der Waals surface area contributed by atoms with Crippen molar-refractivity contribution in [3.05, 3.63) is 0 Å². The van der Waals surface area contributed by atoms with E-state index in [1.54, 1.807) is 0 Å². The highest BCUT2D eigenvalue weighted by Gasteiger charge is 2.36. The molecule has 14 heavy (non-hydrogen) atoms. The molecule has 0 aromatic carbocycles. The van der Waals surface area contributed by atoms with Gasteiger partial charge < -0.3 is 10.6 Å². The summed E-state index contributed by atoms with van der Waals surface area (Å²) in [4.78, 5) is 11.6. The van der Waals surface area contributed by atoms with E-state index in [1.807, 2.05) is 0 Å². The maximum absolute atomic E-state index is 11.6. The van der Waals surface area contributed by atoms with Gasteiger partial charge in [-0.05, 0) is 24.2 Å². The molecule has 0 spiro atoms. The lowest BCUT2D eigenvalue weighted by atomic mass is 9.88. The molecular weight excluding hydrogens is 176 g/mol. The minimum atomic E-state index is 0.208. The second kappa shape index (κ2) is 3.54. The van der Waals surface area contributed by atoms with Gasteiger partial charge >= 0.3 is 0 Å². The molecule has 1 atom stereocenters. The number of amides is 1. The van der Waals surface area contributed by atoms with E-state index in [9.17, 15) is 4.79 Å². The van der Waals surface area contributed by atoms with Crippen molar-refractivity contribution >= 4 is 5.91 Å². The van der Waals surface area contributed by atoms with Crippen LogP contribution >= 0.6 is 0 Å². The van der Waals surface area contributed by atoms with Crippen LogP contribution in [-0.4, -0.2) is 25.0 Å². The Bertz CT molecular complexity index is 233. The lowest BCUT2D eigenvalue weighted by Gasteiger charge is -2.26. The molecule has 0 aromatic rings. The minimum Gasteiger partial charge on any atom is -0.351 e. The first-order chi connectivity index (χ1) is 6.58. The molecule has 1 heterocycles. The fourth-order valence-electron chi connectivity index (χ4n) is 2.02. The molecule has 2 fully saturated rings. The van der Waals surface area contributed by atoms with Crippen LogP contribution in [0.15, 0.2) is 0 Å². The summed E-state index contributed by atoms with van der Waals surface area (Å²) in [7, 11) is 0. The molecule has 2 rings (SSSR count). The summed E-state index contributed by atoms with van der Waals surface area (Å²) in [5, 5.41) is 6.46. The van der Waals surface area contributed by atoms with Gasteiger partial charge in [0.2, 0.25) is 5.91 Å². The van der Waals surface area contributed by atoms with E-state index in [4.69, 9.17) is 0 Å². The molecule has 1 aliphatic heterocycles. The summed E-state index contributed by atoms with van der Waals surface area (Å²) in [6.07, 6.45) is 3.24. The van der Waals surface area contributed by atoms with Crippen molar-refractivity contribution in [2.24, 2.45) is 11.3 Å². The largest absolute Gasteiger partial charge is 0.351 e. The second-order valence-electron chi connectivity index (χ2n) is 5.39. The second-order valence-corrected chi connectivity index (χ2v) is 5.39. The smallest absolute Gasteiger partial charge is 0.220 e. The Labute approximate surface area is 85.6 Å². The molecule has 1 saturated carbocycles. The average Bonchev–Trinajstić information content (AvgIpc) is 2.80. The molecule has 1 aliphatic carbocycles. The van der Waals surface area contributed by atoms with Crippen molar-refractivity contribution in [3.63, 3.8) is 0 Å². The van der Waals surface area contributed by atoms with Crippen molar-refractivity contribution in [3.8, 4) is 0 Å². The molecule has 1 amide bonds. The number of carbonyl (C=O) groups excluding carboxylic acids is 1. The number of carbonyl (C=O) groups is 1. The van der Waals surface area contributed by atoms with E-state index in [1.165, 1.54) is 12.8 Å². The zero-order chi connectivity index (χ0) is 10.2. The average molecular weight is 196 g/mol. The van der Waals surface area contributed by atoms with Gasteiger partial charge in [0.1, 0.15) is 0 Å². The summed E-state index contributed by atoms with van der Waals surface area (Å²) in [5.41, 5.74) is 0.208. The van der Waals surface area contributed by atoms with Crippen LogP contribution in [-0.2, 0) is 4.79 Å². The van der Waals surface area contributed by atoms with Crippen LogP contribution in [0.1, 0.15) is 33.1 Å². The highest BCUT2D eigenvalue weighted by Crippen LogP contribution is 2.32. The van der Waals surface area contributed by atoms with Gasteiger partial charge in [0.05, 0.1) is 0 Å². The van der Waals surface area contributed by atoms with Gasteiger partial charge in [-0.25, -0.2) is 0 Å². The summed E-state index contributed by atoms with van der Waals surface area (Å²) >= 11 is 0. The van der Waals surface area contributed by atoms with E-state index < -0.39 is 0 Å². The SMILES string of the molecule is CC1(C)CNCC1NC(=O)CC1CC1. The zero-order valence-corrected chi connectivity index (χ0v) is 9.10. The molecule has 3 heteroatoms. The van der Waals surface area contributed by atoms with Gasteiger partial charge in [0.25, 0.3) is 0 Å². The zero-order valence-electron chi connectivity index (χ0n) is 9.10. The fraction of sp³-hybridized carbons (Fsp3) is 0.909. The van der Waals surface area contributed by atoms with Gasteiger partial charge in [-0.3, -0.25) is 4.79 Å². The molecule has 1 saturated heterocycles. The van der Waals surface area contributed by atoms with E-state index in [0.717, 1.165) is 19.5 Å². The standard InChI is InChI=1S/C11H20N2O/c1-11(2)7-12-6-9(11)13-10(14)5-8-3-4-8/h8-9,12H,3-7H2,1-2H3,(H,13,14). The Kier molecular flexibility index (Phi) is 2.52. The first kappa shape index (κ1) is 9.97. The predicted molar refractivity (Wildman–Crippen MR) is 55.9 cm³/mol.